The molecule has 2 aliphatic rings. The number of nitrogens with zero attached hydrogens (tertiary/aromatic N) is 2. The summed E-state index contributed by atoms with van der Waals surface area (Å²) in [6, 6.07) is 3.18. The van der Waals surface area contributed by atoms with Gasteiger partial charge in [-0.2, -0.15) is 8.42 Å². The molecule has 143 valence electrons. The van der Waals surface area contributed by atoms with Crippen LogP contribution < -0.4 is 5.32 Å². The number of hydrogen-bond donors (Lipinski definition) is 2. The van der Waals surface area contributed by atoms with Crippen LogP contribution in [0.1, 0.15) is 36.8 Å². The number of nitrogens with one attached hydrogen (secondary N) is 1. The maximum Gasteiger partial charge on any atom is 0.397 e. The van der Waals surface area contributed by atoms with E-state index in [2.05, 4.69) is 14.5 Å². The molecule has 3 rings (SSSR count). The van der Waals surface area contributed by atoms with Gasteiger partial charge in [-0.1, -0.05) is 13.8 Å². The van der Waals surface area contributed by atoms with Crippen LogP contribution in [0.4, 0.5) is 0 Å². The Morgan fingerprint density at radius 2 is 2.00 bits per heavy atom. The molecule has 1 aromatic heterocycles. The predicted molar refractivity (Wildman–Crippen MR) is 92.7 cm³/mol. The van der Waals surface area contributed by atoms with E-state index in [9.17, 15) is 18.0 Å². The van der Waals surface area contributed by atoms with Gasteiger partial charge in [0.05, 0.1) is 18.8 Å². The minimum atomic E-state index is -4.63. The van der Waals surface area contributed by atoms with Crippen LogP contribution in [0.25, 0.3) is 0 Å². The Morgan fingerprint density at radius 1 is 1.33 bits per heavy atom. The zero-order valence-electron chi connectivity index (χ0n) is 15.4. The van der Waals surface area contributed by atoms with Crippen molar-refractivity contribution in [2.75, 3.05) is 13.2 Å². The first-order chi connectivity index (χ1) is 12.0. The molecule has 2 amide bonds. The molecular formula is C15H19N3NaO7S. The van der Waals surface area contributed by atoms with Gasteiger partial charge in [-0.05, 0) is 25.0 Å². The third-order valence-corrected chi connectivity index (χ3v) is 5.30. The van der Waals surface area contributed by atoms with E-state index in [4.69, 9.17) is 9.29 Å². The van der Waals surface area contributed by atoms with Crippen LogP contribution >= 0.6 is 0 Å². The van der Waals surface area contributed by atoms with Crippen molar-refractivity contribution in [3.8, 4) is 0 Å². The van der Waals surface area contributed by atoms with Crippen molar-refractivity contribution in [3.63, 3.8) is 0 Å². The average Bonchev–Trinajstić information content (AvgIpc) is 2.93. The van der Waals surface area contributed by atoms with Gasteiger partial charge in [0.1, 0.15) is 11.2 Å². The number of carbonyl (C=O) groups is 2. The van der Waals surface area contributed by atoms with E-state index in [0.29, 0.717) is 0 Å². The molecule has 1 fully saturated rings. The maximum atomic E-state index is 13.0. The SMILES string of the molecule is CC(C)C1(C)C(=O)NC2(OCCOS(=O)(=O)O)c3ncccc3C(=O)N21.[Na]. The van der Waals surface area contributed by atoms with Crippen molar-refractivity contribution < 1.29 is 31.5 Å². The minimum absolute atomic E-state index is 0. The Bertz CT molecular complexity index is 878. The van der Waals surface area contributed by atoms with Gasteiger partial charge in [0.25, 0.3) is 11.8 Å². The summed E-state index contributed by atoms with van der Waals surface area (Å²) in [6.45, 7) is 4.42. The van der Waals surface area contributed by atoms with E-state index < -0.39 is 40.2 Å². The van der Waals surface area contributed by atoms with Crippen molar-refractivity contribution in [2.24, 2.45) is 5.92 Å². The molecule has 1 saturated heterocycles. The number of ether oxygens (including phenoxy) is 1. The molecule has 0 aliphatic carbocycles. The quantitative estimate of drug-likeness (QED) is 0.370. The topological polar surface area (TPSA) is 135 Å². The van der Waals surface area contributed by atoms with Gasteiger partial charge < -0.3 is 10.1 Å². The standard InChI is InChI=1S/C15H19N3O7S.Na/c1-9(2)14(3)13(20)17-15(24-7-8-25-26(21,22)23)11-10(5-4-6-16-11)12(19)18(14)15;/h4-6,9H,7-8H2,1-3H3,(H,17,20)(H,21,22,23);. The largest absolute Gasteiger partial charge is 0.397 e. The summed E-state index contributed by atoms with van der Waals surface area (Å²) in [7, 11) is -4.63. The molecule has 1 radical (unpaired) electrons. The van der Waals surface area contributed by atoms with E-state index >= 15 is 0 Å². The fourth-order valence-corrected chi connectivity index (χ4v) is 3.55. The first-order valence-corrected chi connectivity index (χ1v) is 9.29. The molecule has 1 aromatic rings. The fraction of sp³-hybridized carbons (Fsp3) is 0.533. The normalized spacial score (nSPS) is 26.6. The van der Waals surface area contributed by atoms with Crippen molar-refractivity contribution in [2.45, 2.75) is 32.2 Å². The first-order valence-electron chi connectivity index (χ1n) is 7.92. The van der Waals surface area contributed by atoms with Gasteiger partial charge in [-0.15, -0.1) is 0 Å². The number of amides is 2. The van der Waals surface area contributed by atoms with Crippen molar-refractivity contribution >= 4 is 51.8 Å². The summed E-state index contributed by atoms with van der Waals surface area (Å²) >= 11 is 0. The van der Waals surface area contributed by atoms with E-state index in [1.807, 2.05) is 0 Å². The fourth-order valence-electron chi connectivity index (χ4n) is 3.27. The second kappa shape index (κ2) is 7.39. The van der Waals surface area contributed by atoms with Crippen LogP contribution in [-0.4, -0.2) is 83.0 Å². The summed E-state index contributed by atoms with van der Waals surface area (Å²) < 4.78 is 40.0. The van der Waals surface area contributed by atoms with Gasteiger partial charge >= 0.3 is 10.4 Å². The van der Waals surface area contributed by atoms with Gasteiger partial charge in [0.15, 0.2) is 0 Å². The molecule has 0 spiro atoms. The Labute approximate surface area is 178 Å². The average molecular weight is 408 g/mol. The molecule has 2 N–H and O–H groups in total. The molecule has 0 aromatic carbocycles. The number of aromatic nitrogens is 1. The van der Waals surface area contributed by atoms with Crippen LogP contribution in [0.5, 0.6) is 0 Å². The van der Waals surface area contributed by atoms with E-state index in [-0.39, 0.29) is 53.3 Å². The van der Waals surface area contributed by atoms with E-state index in [1.165, 1.54) is 11.1 Å². The third kappa shape index (κ3) is 3.41. The summed E-state index contributed by atoms with van der Waals surface area (Å²) in [5, 5.41) is 2.70. The molecule has 2 atom stereocenters. The maximum absolute atomic E-state index is 13.0. The first kappa shape index (κ1) is 22.2. The monoisotopic (exact) mass is 408 g/mol. The molecular weight excluding hydrogens is 389 g/mol. The minimum Gasteiger partial charge on any atom is -0.330 e. The Hall–Kier alpha value is -1.08. The smallest absolute Gasteiger partial charge is 0.330 e. The van der Waals surface area contributed by atoms with E-state index in [0.717, 1.165) is 0 Å². The second-order valence-electron chi connectivity index (χ2n) is 6.54. The molecule has 0 bridgehead atoms. The van der Waals surface area contributed by atoms with E-state index in [1.54, 1.807) is 32.9 Å². The second-order valence-corrected chi connectivity index (χ2v) is 7.63. The van der Waals surface area contributed by atoms with Crippen LogP contribution in [-0.2, 0) is 30.0 Å². The zero-order valence-corrected chi connectivity index (χ0v) is 18.2. The van der Waals surface area contributed by atoms with Gasteiger partial charge in [0.2, 0.25) is 5.91 Å². The van der Waals surface area contributed by atoms with Crippen LogP contribution in [0, 0.1) is 5.92 Å². The molecule has 0 saturated carbocycles. The molecule has 2 unspecified atom stereocenters. The number of pyridine rings is 1. The number of carbonyl (C=O) groups excluding carboxylic acids is 2. The summed E-state index contributed by atoms with van der Waals surface area (Å²) in [4.78, 5) is 31.2. The number of fused-ring (bicyclic) bond motifs is 3. The van der Waals surface area contributed by atoms with Crippen LogP contribution in [0.2, 0.25) is 0 Å². The van der Waals surface area contributed by atoms with Crippen molar-refractivity contribution in [1.82, 2.24) is 15.2 Å². The van der Waals surface area contributed by atoms with Gasteiger partial charge in [0, 0.05) is 35.8 Å². The summed E-state index contributed by atoms with van der Waals surface area (Å²) in [5.74, 6) is -2.72. The van der Waals surface area contributed by atoms with Gasteiger partial charge in [-0.3, -0.25) is 24.0 Å². The summed E-state index contributed by atoms with van der Waals surface area (Å²) in [5.41, 5.74) is -0.688. The van der Waals surface area contributed by atoms with Crippen LogP contribution in [0.3, 0.4) is 0 Å². The van der Waals surface area contributed by atoms with Crippen LogP contribution in [0.15, 0.2) is 18.3 Å². The molecule has 10 nitrogen and oxygen atoms in total. The Morgan fingerprint density at radius 3 is 2.59 bits per heavy atom. The summed E-state index contributed by atoms with van der Waals surface area (Å²) in [6.07, 6.45) is 1.46. The third-order valence-electron chi connectivity index (χ3n) is 4.84. The molecule has 2 aliphatic heterocycles. The predicted octanol–water partition coefficient (Wildman–Crippen LogP) is -0.353. The van der Waals surface area contributed by atoms with Gasteiger partial charge in [-0.25, -0.2) is 4.18 Å². The van der Waals surface area contributed by atoms with Crippen molar-refractivity contribution in [1.29, 1.82) is 0 Å². The van der Waals surface area contributed by atoms with Crippen molar-refractivity contribution in [3.05, 3.63) is 29.6 Å². The number of rotatable bonds is 6. The zero-order chi connectivity index (χ0) is 19.3. The molecule has 12 heteroatoms. The Balaban J connectivity index is 0.00000261. The number of hydrogen-bond acceptors (Lipinski definition) is 7. The Kier molecular flexibility index (Phi) is 6.08. The molecule has 3 heterocycles. The molecule has 27 heavy (non-hydrogen) atoms.